The number of halogens is 2. The van der Waals surface area contributed by atoms with Crippen LogP contribution >= 0.6 is 11.6 Å². The van der Waals surface area contributed by atoms with Crippen LogP contribution in [0.15, 0.2) is 18.2 Å². The van der Waals surface area contributed by atoms with E-state index in [1.165, 1.54) is 12.1 Å². The van der Waals surface area contributed by atoms with Gasteiger partial charge in [-0.3, -0.25) is 9.59 Å². The van der Waals surface area contributed by atoms with Crippen LogP contribution in [0, 0.1) is 5.82 Å². The molecule has 0 aliphatic rings. The molecular weight excluding hydrogens is 295 g/mol. The Bertz CT molecular complexity index is 536. The van der Waals surface area contributed by atoms with Gasteiger partial charge in [-0.1, -0.05) is 11.6 Å². The van der Waals surface area contributed by atoms with Crippen LogP contribution in [0.3, 0.4) is 0 Å². The third-order valence-electron chi connectivity index (χ3n) is 2.11. The van der Waals surface area contributed by atoms with Gasteiger partial charge < -0.3 is 20.4 Å². The second-order valence-corrected chi connectivity index (χ2v) is 4.13. The largest absolute Gasteiger partial charge is 0.480 e. The Morgan fingerprint density at radius 3 is 2.20 bits per heavy atom. The molecule has 0 bridgehead atoms. The van der Waals surface area contributed by atoms with Gasteiger partial charge in [-0.15, -0.1) is 0 Å². The molecule has 0 atom stereocenters. The van der Waals surface area contributed by atoms with Crippen molar-refractivity contribution in [2.75, 3.05) is 18.4 Å². The van der Waals surface area contributed by atoms with Gasteiger partial charge in [0.1, 0.15) is 18.9 Å². The van der Waals surface area contributed by atoms with Gasteiger partial charge in [-0.2, -0.15) is 0 Å². The van der Waals surface area contributed by atoms with Crippen LogP contribution in [-0.4, -0.2) is 46.2 Å². The van der Waals surface area contributed by atoms with Crippen LogP contribution in [0.2, 0.25) is 5.02 Å². The third-order valence-corrected chi connectivity index (χ3v) is 2.35. The summed E-state index contributed by atoms with van der Waals surface area (Å²) in [7, 11) is 0. The minimum atomic E-state index is -1.39. The van der Waals surface area contributed by atoms with Gasteiger partial charge in [0.25, 0.3) is 0 Å². The summed E-state index contributed by atoms with van der Waals surface area (Å²) in [5.41, 5.74) is -0.236. The first-order valence-corrected chi connectivity index (χ1v) is 5.62. The Morgan fingerprint density at radius 2 is 1.75 bits per heavy atom. The van der Waals surface area contributed by atoms with Crippen molar-refractivity contribution in [2.45, 2.75) is 0 Å². The molecule has 1 aromatic rings. The van der Waals surface area contributed by atoms with E-state index >= 15 is 0 Å². The number of nitrogens with zero attached hydrogens (tertiary/aromatic N) is 1. The number of hydrogen-bond acceptors (Lipinski definition) is 3. The third kappa shape index (κ3) is 4.73. The van der Waals surface area contributed by atoms with Gasteiger partial charge in [-0.05, 0) is 18.2 Å². The van der Waals surface area contributed by atoms with Gasteiger partial charge in [-0.25, -0.2) is 9.18 Å². The zero-order valence-electron chi connectivity index (χ0n) is 9.97. The van der Waals surface area contributed by atoms with Crippen LogP contribution in [0.1, 0.15) is 0 Å². The van der Waals surface area contributed by atoms with Gasteiger partial charge in [0.2, 0.25) is 0 Å². The Labute approximate surface area is 117 Å². The molecule has 108 valence electrons. The second-order valence-electron chi connectivity index (χ2n) is 3.70. The molecule has 0 saturated carbocycles. The summed E-state index contributed by atoms with van der Waals surface area (Å²) in [6.07, 6.45) is 0. The number of carbonyl (C=O) groups is 3. The highest BCUT2D eigenvalue weighted by Gasteiger charge is 2.20. The number of carbonyl (C=O) groups excluding carboxylic acids is 1. The Morgan fingerprint density at radius 1 is 1.20 bits per heavy atom. The molecule has 1 aromatic carbocycles. The maximum atomic E-state index is 13.4. The first-order chi connectivity index (χ1) is 9.29. The fourth-order valence-corrected chi connectivity index (χ4v) is 1.47. The lowest BCUT2D eigenvalue weighted by atomic mass is 10.3. The van der Waals surface area contributed by atoms with Gasteiger partial charge in [0.05, 0.1) is 5.69 Å². The molecule has 1 rings (SSSR count). The highest BCUT2D eigenvalue weighted by Crippen LogP contribution is 2.19. The molecule has 0 heterocycles. The number of rotatable bonds is 5. The lowest BCUT2D eigenvalue weighted by Crippen LogP contribution is -2.42. The fourth-order valence-electron chi connectivity index (χ4n) is 1.31. The van der Waals surface area contributed by atoms with Crippen molar-refractivity contribution >= 4 is 35.3 Å². The summed E-state index contributed by atoms with van der Waals surface area (Å²) in [5, 5.41) is 19.4. The Kier molecular flexibility index (Phi) is 5.27. The monoisotopic (exact) mass is 304 g/mol. The van der Waals surface area contributed by atoms with E-state index in [0.29, 0.717) is 4.90 Å². The number of benzene rings is 1. The van der Waals surface area contributed by atoms with Crippen molar-refractivity contribution in [3.8, 4) is 0 Å². The van der Waals surface area contributed by atoms with Crippen molar-refractivity contribution in [3.63, 3.8) is 0 Å². The summed E-state index contributed by atoms with van der Waals surface area (Å²) in [5.74, 6) is -3.60. The van der Waals surface area contributed by atoms with Crippen molar-refractivity contribution in [2.24, 2.45) is 0 Å². The van der Waals surface area contributed by atoms with E-state index < -0.39 is 36.9 Å². The molecular formula is C11H10ClFN2O5. The number of carboxylic acids is 2. The Balaban J connectivity index is 2.84. The van der Waals surface area contributed by atoms with Crippen molar-refractivity contribution in [1.29, 1.82) is 0 Å². The first kappa shape index (κ1) is 15.7. The zero-order valence-corrected chi connectivity index (χ0v) is 10.7. The molecule has 3 N–H and O–H groups in total. The van der Waals surface area contributed by atoms with E-state index in [1.807, 2.05) is 0 Å². The summed E-state index contributed by atoms with van der Waals surface area (Å²) in [6, 6.07) is 2.40. The van der Waals surface area contributed by atoms with E-state index in [1.54, 1.807) is 0 Å². The smallest absolute Gasteiger partial charge is 0.323 e. The van der Waals surface area contributed by atoms with Crippen LogP contribution in [0.4, 0.5) is 14.9 Å². The molecule has 9 heteroatoms. The highest BCUT2D eigenvalue weighted by molar-refractivity contribution is 6.30. The molecule has 0 fully saturated rings. The fraction of sp³-hybridized carbons (Fsp3) is 0.182. The normalized spacial score (nSPS) is 9.90. The zero-order chi connectivity index (χ0) is 15.3. The number of carboxylic acid groups (broad SMARTS) is 2. The van der Waals surface area contributed by atoms with E-state index in [9.17, 15) is 18.8 Å². The Hall–Kier alpha value is -2.35. The SMILES string of the molecule is O=C(O)CN(CC(=O)O)C(=O)Nc1ccc(Cl)cc1F. The number of urea groups is 1. The minimum Gasteiger partial charge on any atom is -0.480 e. The number of nitrogens with one attached hydrogen (secondary N) is 1. The van der Waals surface area contributed by atoms with E-state index in [0.717, 1.165) is 6.07 Å². The highest BCUT2D eigenvalue weighted by atomic mass is 35.5. The summed E-state index contributed by atoms with van der Waals surface area (Å²) in [6.45, 7) is -1.65. The molecule has 2 amide bonds. The second kappa shape index (κ2) is 6.71. The standard InChI is InChI=1S/C11H10ClFN2O5/c12-6-1-2-8(7(13)3-6)14-11(20)15(4-9(16)17)5-10(18)19/h1-3H,4-5H2,(H,14,20)(H,16,17)(H,18,19). The van der Waals surface area contributed by atoms with Crippen LogP contribution < -0.4 is 5.32 Å². The molecule has 0 spiro atoms. The summed E-state index contributed by atoms with van der Waals surface area (Å²) >= 11 is 5.54. The average molecular weight is 305 g/mol. The van der Waals surface area contributed by atoms with Crippen molar-refractivity contribution in [3.05, 3.63) is 29.0 Å². The topological polar surface area (TPSA) is 107 Å². The van der Waals surface area contributed by atoms with Crippen molar-refractivity contribution in [1.82, 2.24) is 4.90 Å². The molecule has 0 aromatic heterocycles. The molecule has 0 aliphatic carbocycles. The number of aliphatic carboxylic acids is 2. The number of hydrogen-bond donors (Lipinski definition) is 3. The summed E-state index contributed by atoms with van der Waals surface area (Å²) < 4.78 is 13.4. The molecule has 7 nitrogen and oxygen atoms in total. The van der Waals surface area contributed by atoms with E-state index in [-0.39, 0.29) is 10.7 Å². The molecule has 0 aliphatic heterocycles. The molecule has 20 heavy (non-hydrogen) atoms. The number of amides is 2. The predicted molar refractivity (Wildman–Crippen MR) is 67.3 cm³/mol. The van der Waals surface area contributed by atoms with Crippen LogP contribution in [0.25, 0.3) is 0 Å². The van der Waals surface area contributed by atoms with Gasteiger partial charge in [0, 0.05) is 5.02 Å². The summed E-state index contributed by atoms with van der Waals surface area (Å²) in [4.78, 5) is 33.3. The van der Waals surface area contributed by atoms with Gasteiger partial charge >= 0.3 is 18.0 Å². The maximum Gasteiger partial charge on any atom is 0.323 e. The minimum absolute atomic E-state index is 0.119. The molecule has 0 unspecified atom stereocenters. The van der Waals surface area contributed by atoms with Gasteiger partial charge in [0.15, 0.2) is 0 Å². The first-order valence-electron chi connectivity index (χ1n) is 5.24. The van der Waals surface area contributed by atoms with Crippen LogP contribution in [0.5, 0.6) is 0 Å². The lowest BCUT2D eigenvalue weighted by Gasteiger charge is -2.19. The average Bonchev–Trinajstić information content (AvgIpc) is 2.30. The number of anilines is 1. The quantitative estimate of drug-likeness (QED) is 0.764. The van der Waals surface area contributed by atoms with E-state index in [4.69, 9.17) is 21.8 Å². The molecule has 0 radical (unpaired) electrons. The maximum absolute atomic E-state index is 13.4. The molecule has 0 saturated heterocycles. The van der Waals surface area contributed by atoms with Crippen molar-refractivity contribution < 1.29 is 29.0 Å². The lowest BCUT2D eigenvalue weighted by molar-refractivity contribution is -0.140. The van der Waals surface area contributed by atoms with Crippen LogP contribution in [-0.2, 0) is 9.59 Å². The van der Waals surface area contributed by atoms with E-state index in [2.05, 4.69) is 5.32 Å². The predicted octanol–water partition coefficient (Wildman–Crippen LogP) is 1.48.